The zero-order chi connectivity index (χ0) is 19.3. The van der Waals surface area contributed by atoms with Crippen molar-refractivity contribution < 1.29 is 4.74 Å². The second kappa shape index (κ2) is 8.59. The van der Waals surface area contributed by atoms with Crippen LogP contribution in [0, 0.1) is 0 Å². The molecule has 0 saturated carbocycles. The highest BCUT2D eigenvalue weighted by molar-refractivity contribution is 5.92. The van der Waals surface area contributed by atoms with Gasteiger partial charge in [-0.1, -0.05) is 18.2 Å². The molecule has 1 aromatic heterocycles. The minimum absolute atomic E-state index is 0.487. The minimum atomic E-state index is 0.487. The highest BCUT2D eigenvalue weighted by Gasteiger charge is 2.19. The molecule has 4 rings (SSSR count). The predicted molar refractivity (Wildman–Crippen MR) is 115 cm³/mol. The molecule has 0 bridgehead atoms. The summed E-state index contributed by atoms with van der Waals surface area (Å²) >= 11 is 0. The maximum absolute atomic E-state index is 6.00. The van der Waals surface area contributed by atoms with E-state index in [4.69, 9.17) is 4.74 Å². The van der Waals surface area contributed by atoms with Crippen LogP contribution in [0.25, 0.3) is 10.9 Å². The van der Waals surface area contributed by atoms with Gasteiger partial charge in [0, 0.05) is 56.0 Å². The number of nitrogens with zero attached hydrogens (tertiary/aromatic N) is 3. The summed E-state index contributed by atoms with van der Waals surface area (Å²) in [6.45, 7) is 7.75. The zero-order valence-corrected chi connectivity index (χ0v) is 16.6. The Kier molecular flexibility index (Phi) is 5.74. The average Bonchev–Trinajstić information content (AvgIpc) is 2.73. The quantitative estimate of drug-likeness (QED) is 0.702. The van der Waals surface area contributed by atoms with Gasteiger partial charge in [0.2, 0.25) is 0 Å². The molecule has 0 spiro atoms. The molecule has 0 radical (unpaired) electrons. The van der Waals surface area contributed by atoms with Gasteiger partial charge in [0.1, 0.15) is 11.5 Å². The standard InChI is InChI=1S/C23H28N4O/c1-18(27-14-12-26(2)13-15-27)17-25-23-10-11-24-22-9-8-20(16-21(22)23)28-19-6-4-3-5-7-19/h3-11,16,18H,12-15,17H2,1-2H3,(H,24,25). The van der Waals surface area contributed by atoms with Crippen molar-refractivity contribution in [2.75, 3.05) is 45.1 Å². The van der Waals surface area contributed by atoms with E-state index in [1.54, 1.807) is 0 Å². The first kappa shape index (κ1) is 18.7. The zero-order valence-electron chi connectivity index (χ0n) is 16.6. The molecule has 1 aliphatic heterocycles. The number of rotatable bonds is 6. The largest absolute Gasteiger partial charge is 0.457 e. The van der Waals surface area contributed by atoms with Gasteiger partial charge in [-0.2, -0.15) is 0 Å². The van der Waals surface area contributed by atoms with Crippen LogP contribution < -0.4 is 10.1 Å². The lowest BCUT2D eigenvalue weighted by Crippen LogP contribution is -2.49. The van der Waals surface area contributed by atoms with Crippen molar-refractivity contribution in [2.24, 2.45) is 0 Å². The molecule has 0 aliphatic carbocycles. The molecule has 5 heteroatoms. The third-order valence-corrected chi connectivity index (χ3v) is 5.44. The fraction of sp³-hybridized carbons (Fsp3) is 0.348. The number of fused-ring (bicyclic) bond motifs is 1. The molecule has 1 atom stereocenters. The van der Waals surface area contributed by atoms with Gasteiger partial charge in [-0.15, -0.1) is 0 Å². The van der Waals surface area contributed by atoms with Crippen LogP contribution in [-0.2, 0) is 0 Å². The van der Waals surface area contributed by atoms with Crippen LogP contribution in [0.1, 0.15) is 6.92 Å². The van der Waals surface area contributed by atoms with Gasteiger partial charge < -0.3 is 15.0 Å². The SMILES string of the molecule is CC(CNc1ccnc2ccc(Oc3ccccc3)cc12)N1CCN(C)CC1. The number of piperazine rings is 1. The van der Waals surface area contributed by atoms with Crippen LogP contribution in [-0.4, -0.2) is 60.6 Å². The van der Waals surface area contributed by atoms with E-state index in [1.807, 2.05) is 54.7 Å². The molecule has 3 aromatic rings. The van der Waals surface area contributed by atoms with E-state index in [1.165, 1.54) is 0 Å². The summed E-state index contributed by atoms with van der Waals surface area (Å²) < 4.78 is 6.00. The Morgan fingerprint density at radius 1 is 1.00 bits per heavy atom. The number of hydrogen-bond acceptors (Lipinski definition) is 5. The molecule has 1 aliphatic rings. The number of para-hydroxylation sites is 1. The van der Waals surface area contributed by atoms with Crippen molar-refractivity contribution in [3.63, 3.8) is 0 Å². The van der Waals surface area contributed by atoms with Crippen LogP contribution in [0.15, 0.2) is 60.8 Å². The third-order valence-electron chi connectivity index (χ3n) is 5.44. The normalized spacial score (nSPS) is 16.8. The number of ether oxygens (including phenoxy) is 1. The molecule has 1 fully saturated rings. The Bertz CT molecular complexity index is 907. The van der Waals surface area contributed by atoms with Crippen LogP contribution >= 0.6 is 0 Å². The number of anilines is 1. The van der Waals surface area contributed by atoms with Crippen LogP contribution in [0.5, 0.6) is 11.5 Å². The van der Waals surface area contributed by atoms with Crippen LogP contribution in [0.4, 0.5) is 5.69 Å². The van der Waals surface area contributed by atoms with E-state index in [2.05, 4.69) is 40.1 Å². The Labute approximate surface area is 166 Å². The second-order valence-electron chi connectivity index (χ2n) is 7.52. The van der Waals surface area contributed by atoms with Gasteiger partial charge in [0.05, 0.1) is 5.52 Å². The molecule has 1 unspecified atom stereocenters. The Morgan fingerprint density at radius 3 is 2.57 bits per heavy atom. The first-order valence-corrected chi connectivity index (χ1v) is 9.97. The van der Waals surface area contributed by atoms with Crippen molar-refractivity contribution in [3.8, 4) is 11.5 Å². The topological polar surface area (TPSA) is 40.6 Å². The molecule has 28 heavy (non-hydrogen) atoms. The Balaban J connectivity index is 1.48. The molecular formula is C23H28N4O. The lowest BCUT2D eigenvalue weighted by molar-refractivity contribution is 0.123. The molecule has 0 amide bonds. The lowest BCUT2D eigenvalue weighted by Gasteiger charge is -2.36. The predicted octanol–water partition coefficient (Wildman–Crippen LogP) is 4.07. The average molecular weight is 377 g/mol. The first-order valence-electron chi connectivity index (χ1n) is 9.97. The van der Waals surface area contributed by atoms with Gasteiger partial charge in [0.15, 0.2) is 0 Å². The number of pyridine rings is 1. The smallest absolute Gasteiger partial charge is 0.128 e. The Morgan fingerprint density at radius 2 is 1.79 bits per heavy atom. The third kappa shape index (κ3) is 4.43. The molecule has 2 aromatic carbocycles. The minimum Gasteiger partial charge on any atom is -0.457 e. The highest BCUT2D eigenvalue weighted by atomic mass is 16.5. The van der Waals surface area contributed by atoms with E-state index in [0.29, 0.717) is 6.04 Å². The van der Waals surface area contributed by atoms with Gasteiger partial charge in [-0.25, -0.2) is 0 Å². The van der Waals surface area contributed by atoms with Gasteiger partial charge in [-0.05, 0) is 50.4 Å². The molecule has 5 nitrogen and oxygen atoms in total. The second-order valence-corrected chi connectivity index (χ2v) is 7.52. The van der Waals surface area contributed by atoms with E-state index in [-0.39, 0.29) is 0 Å². The highest BCUT2D eigenvalue weighted by Crippen LogP contribution is 2.29. The summed E-state index contributed by atoms with van der Waals surface area (Å²) in [6.07, 6.45) is 1.86. The molecule has 2 heterocycles. The van der Waals surface area contributed by atoms with Crippen LogP contribution in [0.2, 0.25) is 0 Å². The molecule has 1 saturated heterocycles. The summed E-state index contributed by atoms with van der Waals surface area (Å²) in [6, 6.07) is 18.5. The number of likely N-dealkylation sites (N-methyl/N-ethyl adjacent to an activating group) is 1. The van der Waals surface area contributed by atoms with E-state index >= 15 is 0 Å². The molecule has 146 valence electrons. The summed E-state index contributed by atoms with van der Waals surface area (Å²) in [5, 5.41) is 4.72. The number of benzene rings is 2. The summed E-state index contributed by atoms with van der Waals surface area (Å²) in [7, 11) is 2.19. The fourth-order valence-electron chi connectivity index (χ4n) is 3.62. The first-order chi connectivity index (χ1) is 13.7. The van der Waals surface area contributed by atoms with Crippen molar-refractivity contribution in [1.82, 2.24) is 14.8 Å². The number of nitrogens with one attached hydrogen (secondary N) is 1. The van der Waals surface area contributed by atoms with Gasteiger partial charge >= 0.3 is 0 Å². The van der Waals surface area contributed by atoms with E-state index < -0.39 is 0 Å². The fourth-order valence-corrected chi connectivity index (χ4v) is 3.62. The summed E-state index contributed by atoms with van der Waals surface area (Å²) in [4.78, 5) is 9.45. The molecule has 1 N–H and O–H groups in total. The van der Waals surface area contributed by atoms with Gasteiger partial charge in [0.25, 0.3) is 0 Å². The van der Waals surface area contributed by atoms with Crippen molar-refractivity contribution in [1.29, 1.82) is 0 Å². The summed E-state index contributed by atoms with van der Waals surface area (Å²) in [5.41, 5.74) is 2.07. The van der Waals surface area contributed by atoms with Crippen LogP contribution in [0.3, 0.4) is 0 Å². The molecular weight excluding hydrogens is 348 g/mol. The van der Waals surface area contributed by atoms with Crippen molar-refractivity contribution in [3.05, 3.63) is 60.8 Å². The van der Waals surface area contributed by atoms with E-state index in [0.717, 1.165) is 60.8 Å². The number of hydrogen-bond donors (Lipinski definition) is 1. The van der Waals surface area contributed by atoms with E-state index in [9.17, 15) is 0 Å². The van der Waals surface area contributed by atoms with Crippen molar-refractivity contribution in [2.45, 2.75) is 13.0 Å². The Hall–Kier alpha value is -2.63. The monoisotopic (exact) mass is 376 g/mol. The van der Waals surface area contributed by atoms with Crippen molar-refractivity contribution >= 4 is 16.6 Å². The number of aromatic nitrogens is 1. The maximum Gasteiger partial charge on any atom is 0.128 e. The summed E-state index contributed by atoms with van der Waals surface area (Å²) in [5.74, 6) is 1.66. The van der Waals surface area contributed by atoms with Gasteiger partial charge in [-0.3, -0.25) is 9.88 Å². The lowest BCUT2D eigenvalue weighted by atomic mass is 10.1. The maximum atomic E-state index is 6.00.